The van der Waals surface area contributed by atoms with Crippen LogP contribution in [0.5, 0.6) is 0 Å². The number of nitrogens with zero attached hydrogens (tertiary/aromatic N) is 3. The maximum Gasteiger partial charge on any atom is 0.161 e. The van der Waals surface area contributed by atoms with Crippen LogP contribution in [-0.2, 0) is 0 Å². The summed E-state index contributed by atoms with van der Waals surface area (Å²) in [6, 6.07) is 7.63. The highest BCUT2D eigenvalue weighted by Gasteiger charge is 2.20. The van der Waals surface area contributed by atoms with Crippen LogP contribution < -0.4 is 0 Å². The zero-order valence-corrected chi connectivity index (χ0v) is 14.6. The summed E-state index contributed by atoms with van der Waals surface area (Å²) >= 11 is 14.0. The average molecular weight is 350 g/mol. The molecule has 3 nitrogen and oxygen atoms in total. The van der Waals surface area contributed by atoms with E-state index < -0.39 is 0 Å². The molecule has 0 spiro atoms. The molecule has 0 aliphatic heterocycles. The Balaban J connectivity index is 2.32. The van der Waals surface area contributed by atoms with Gasteiger partial charge in [0.15, 0.2) is 5.15 Å². The molecule has 3 aromatic rings. The van der Waals surface area contributed by atoms with Crippen LogP contribution in [0.4, 0.5) is 0 Å². The summed E-state index contributed by atoms with van der Waals surface area (Å²) in [6.45, 7) is 5.95. The number of thiazole rings is 1. The number of aromatic nitrogens is 3. The first-order valence-electron chi connectivity index (χ1n) is 6.70. The van der Waals surface area contributed by atoms with Gasteiger partial charge in [0.1, 0.15) is 0 Å². The Hall–Kier alpha value is -1.49. The largest absolute Gasteiger partial charge is 0.241 e. The average Bonchev–Trinajstić information content (AvgIpc) is 2.81. The van der Waals surface area contributed by atoms with Crippen LogP contribution in [0.25, 0.3) is 22.4 Å². The van der Waals surface area contributed by atoms with Crippen LogP contribution in [0.15, 0.2) is 24.3 Å². The van der Waals surface area contributed by atoms with E-state index in [0.717, 1.165) is 38.0 Å². The van der Waals surface area contributed by atoms with Crippen molar-refractivity contribution in [2.75, 3.05) is 0 Å². The van der Waals surface area contributed by atoms with E-state index in [9.17, 15) is 0 Å². The molecular formula is C16H13Cl2N3S. The van der Waals surface area contributed by atoms with Crippen molar-refractivity contribution in [2.24, 2.45) is 0 Å². The standard InChI is InChI=1S/C16H13Cl2N3S/c1-8-13(11-4-6-12(17)7-5-11)14(16(18)21-20-8)15-9(2)22-10(3)19-15/h4-7H,1-3H3. The van der Waals surface area contributed by atoms with Gasteiger partial charge < -0.3 is 0 Å². The third kappa shape index (κ3) is 2.74. The molecule has 0 amide bonds. The number of hydrogen-bond acceptors (Lipinski definition) is 4. The number of halogens is 2. The Bertz CT molecular complexity index is 841. The third-order valence-corrected chi connectivity index (χ3v) is 4.78. The number of hydrogen-bond donors (Lipinski definition) is 0. The quantitative estimate of drug-likeness (QED) is 0.613. The van der Waals surface area contributed by atoms with Crippen molar-refractivity contribution in [1.29, 1.82) is 0 Å². The Morgan fingerprint density at radius 2 is 1.59 bits per heavy atom. The Morgan fingerprint density at radius 1 is 0.909 bits per heavy atom. The maximum atomic E-state index is 6.36. The Labute approximate surface area is 143 Å². The minimum absolute atomic E-state index is 0.365. The lowest BCUT2D eigenvalue weighted by molar-refractivity contribution is 0.984. The van der Waals surface area contributed by atoms with E-state index in [4.69, 9.17) is 23.2 Å². The van der Waals surface area contributed by atoms with Crippen molar-refractivity contribution < 1.29 is 0 Å². The van der Waals surface area contributed by atoms with Crippen LogP contribution >= 0.6 is 34.5 Å². The molecule has 22 heavy (non-hydrogen) atoms. The zero-order chi connectivity index (χ0) is 15.9. The van der Waals surface area contributed by atoms with Crippen molar-refractivity contribution in [3.8, 4) is 22.4 Å². The second-order valence-corrected chi connectivity index (χ2v) is 7.17. The normalized spacial score (nSPS) is 11.0. The summed E-state index contributed by atoms with van der Waals surface area (Å²) in [7, 11) is 0. The monoisotopic (exact) mass is 349 g/mol. The van der Waals surface area contributed by atoms with Crippen LogP contribution in [0.2, 0.25) is 10.2 Å². The zero-order valence-electron chi connectivity index (χ0n) is 12.3. The molecule has 0 saturated heterocycles. The molecule has 112 valence electrons. The molecule has 0 aliphatic rings. The highest BCUT2D eigenvalue weighted by molar-refractivity contribution is 7.11. The van der Waals surface area contributed by atoms with Crippen molar-refractivity contribution >= 4 is 34.5 Å². The van der Waals surface area contributed by atoms with Gasteiger partial charge in [-0.05, 0) is 38.5 Å². The predicted molar refractivity (Wildman–Crippen MR) is 92.8 cm³/mol. The highest BCUT2D eigenvalue weighted by atomic mass is 35.5. The predicted octanol–water partition coefficient (Wildman–Crippen LogP) is 5.50. The lowest BCUT2D eigenvalue weighted by Gasteiger charge is -2.12. The fourth-order valence-corrected chi connectivity index (χ4v) is 3.62. The fourth-order valence-electron chi connectivity index (χ4n) is 2.45. The van der Waals surface area contributed by atoms with Gasteiger partial charge >= 0.3 is 0 Å². The van der Waals surface area contributed by atoms with E-state index in [1.165, 1.54) is 0 Å². The van der Waals surface area contributed by atoms with Crippen LogP contribution in [0, 0.1) is 20.8 Å². The molecule has 2 heterocycles. The van der Waals surface area contributed by atoms with E-state index in [2.05, 4.69) is 15.2 Å². The van der Waals surface area contributed by atoms with Crippen LogP contribution in [0.3, 0.4) is 0 Å². The lowest BCUT2D eigenvalue weighted by Crippen LogP contribution is -1.98. The van der Waals surface area contributed by atoms with Gasteiger partial charge in [-0.25, -0.2) is 4.98 Å². The Morgan fingerprint density at radius 3 is 2.18 bits per heavy atom. The third-order valence-electron chi connectivity index (χ3n) is 3.38. The molecule has 0 unspecified atom stereocenters. The van der Waals surface area contributed by atoms with Crippen molar-refractivity contribution in [3.63, 3.8) is 0 Å². The van der Waals surface area contributed by atoms with Gasteiger partial charge in [-0.15, -0.1) is 16.4 Å². The molecule has 0 N–H and O–H groups in total. The second-order valence-electron chi connectivity index (χ2n) is 4.97. The van der Waals surface area contributed by atoms with Gasteiger partial charge in [-0.1, -0.05) is 35.3 Å². The van der Waals surface area contributed by atoms with Gasteiger partial charge in [0.05, 0.1) is 22.0 Å². The highest BCUT2D eigenvalue weighted by Crippen LogP contribution is 2.40. The van der Waals surface area contributed by atoms with E-state index >= 15 is 0 Å². The van der Waals surface area contributed by atoms with E-state index in [1.807, 2.05) is 45.0 Å². The molecule has 3 rings (SSSR count). The van der Waals surface area contributed by atoms with Crippen LogP contribution in [-0.4, -0.2) is 15.2 Å². The summed E-state index contributed by atoms with van der Waals surface area (Å²) < 4.78 is 0. The van der Waals surface area contributed by atoms with Crippen LogP contribution in [0.1, 0.15) is 15.6 Å². The maximum absolute atomic E-state index is 6.36. The minimum Gasteiger partial charge on any atom is -0.241 e. The van der Waals surface area contributed by atoms with E-state index in [-0.39, 0.29) is 0 Å². The van der Waals surface area contributed by atoms with Crippen molar-refractivity contribution in [3.05, 3.63) is 50.0 Å². The molecule has 0 fully saturated rings. The molecule has 2 aromatic heterocycles. The summed E-state index contributed by atoms with van der Waals surface area (Å²) in [5.41, 5.74) is 4.46. The number of aryl methyl sites for hydroxylation is 3. The van der Waals surface area contributed by atoms with Gasteiger partial charge in [0, 0.05) is 15.5 Å². The molecule has 0 radical (unpaired) electrons. The number of rotatable bonds is 2. The van der Waals surface area contributed by atoms with Gasteiger partial charge in [-0.2, -0.15) is 5.10 Å². The lowest BCUT2D eigenvalue weighted by atomic mass is 9.97. The van der Waals surface area contributed by atoms with E-state index in [0.29, 0.717) is 10.2 Å². The first kappa shape index (κ1) is 15.4. The molecule has 0 bridgehead atoms. The SMILES string of the molecule is Cc1nc(-c2c(Cl)nnc(C)c2-c2ccc(Cl)cc2)c(C)s1. The van der Waals surface area contributed by atoms with Gasteiger partial charge in [-0.3, -0.25) is 0 Å². The van der Waals surface area contributed by atoms with Crippen molar-refractivity contribution in [1.82, 2.24) is 15.2 Å². The summed E-state index contributed by atoms with van der Waals surface area (Å²) in [5.74, 6) is 0. The topological polar surface area (TPSA) is 38.7 Å². The molecular weight excluding hydrogens is 337 g/mol. The summed E-state index contributed by atoms with van der Waals surface area (Å²) in [6.07, 6.45) is 0. The molecule has 0 saturated carbocycles. The van der Waals surface area contributed by atoms with Crippen molar-refractivity contribution in [2.45, 2.75) is 20.8 Å². The fraction of sp³-hybridized carbons (Fsp3) is 0.188. The molecule has 1 aromatic carbocycles. The number of benzene rings is 1. The minimum atomic E-state index is 0.365. The summed E-state index contributed by atoms with van der Waals surface area (Å²) in [4.78, 5) is 5.74. The first-order chi connectivity index (χ1) is 10.5. The smallest absolute Gasteiger partial charge is 0.161 e. The van der Waals surface area contributed by atoms with Gasteiger partial charge in [0.2, 0.25) is 0 Å². The first-order valence-corrected chi connectivity index (χ1v) is 8.27. The molecule has 0 aliphatic carbocycles. The second kappa shape index (κ2) is 5.95. The van der Waals surface area contributed by atoms with E-state index in [1.54, 1.807) is 11.3 Å². The molecule has 6 heteroatoms. The Kier molecular flexibility index (Phi) is 4.17. The van der Waals surface area contributed by atoms with Gasteiger partial charge in [0.25, 0.3) is 0 Å². The molecule has 0 atom stereocenters. The summed E-state index contributed by atoms with van der Waals surface area (Å²) in [5, 5.41) is 10.3.